The monoisotopic (exact) mass is 284 g/mol. The van der Waals surface area contributed by atoms with E-state index in [1.54, 1.807) is 0 Å². The van der Waals surface area contributed by atoms with Crippen LogP contribution in [0, 0.1) is 5.92 Å². The molecule has 6 heteroatoms. The van der Waals surface area contributed by atoms with E-state index in [0.717, 1.165) is 0 Å². The molecular weight excluding hydrogens is 268 g/mol. The molecule has 0 heterocycles. The fourth-order valence-corrected chi connectivity index (χ4v) is 1.92. The number of aliphatic carboxylic acids is 1. The first-order valence-corrected chi connectivity index (χ1v) is 6.27. The van der Waals surface area contributed by atoms with Crippen molar-refractivity contribution < 1.29 is 14.7 Å². The molecule has 1 aromatic carbocycles. The average molecular weight is 285 g/mol. The number of nitrogen functional groups attached to an aromatic ring is 1. The largest absolute Gasteiger partial charge is 0.480 e. The van der Waals surface area contributed by atoms with Crippen LogP contribution in [0.15, 0.2) is 18.2 Å². The van der Waals surface area contributed by atoms with E-state index in [1.807, 2.05) is 13.8 Å². The molecule has 0 radical (unpaired) electrons. The Bertz CT molecular complexity index is 469. The van der Waals surface area contributed by atoms with Gasteiger partial charge in [0.1, 0.15) is 6.04 Å². The molecule has 104 valence electrons. The molecule has 0 fully saturated rings. The first-order chi connectivity index (χ1) is 8.79. The maximum absolute atomic E-state index is 12.0. The molecular formula is C13H17ClN2O3. The van der Waals surface area contributed by atoms with Gasteiger partial charge in [-0.05, 0) is 30.5 Å². The number of anilines is 1. The third kappa shape index (κ3) is 4.79. The number of carboxylic acid groups (broad SMARTS) is 1. The van der Waals surface area contributed by atoms with Crippen LogP contribution in [-0.2, 0) is 4.79 Å². The second kappa shape index (κ2) is 6.43. The maximum Gasteiger partial charge on any atom is 0.326 e. The molecule has 1 unspecified atom stereocenters. The summed E-state index contributed by atoms with van der Waals surface area (Å²) in [6, 6.07) is 3.49. The van der Waals surface area contributed by atoms with Crippen LogP contribution in [0.4, 0.5) is 5.69 Å². The third-order valence-electron chi connectivity index (χ3n) is 2.49. The van der Waals surface area contributed by atoms with Crippen molar-refractivity contribution in [1.82, 2.24) is 5.32 Å². The van der Waals surface area contributed by atoms with Crippen molar-refractivity contribution in [2.24, 2.45) is 5.92 Å². The molecule has 5 nitrogen and oxygen atoms in total. The molecule has 1 amide bonds. The van der Waals surface area contributed by atoms with Gasteiger partial charge < -0.3 is 16.2 Å². The molecule has 19 heavy (non-hydrogen) atoms. The van der Waals surface area contributed by atoms with Gasteiger partial charge in [0.05, 0.1) is 0 Å². The first kappa shape index (κ1) is 15.3. The van der Waals surface area contributed by atoms with Crippen molar-refractivity contribution in [3.63, 3.8) is 0 Å². The molecule has 0 spiro atoms. The van der Waals surface area contributed by atoms with Crippen LogP contribution in [0.5, 0.6) is 0 Å². The molecule has 0 bridgehead atoms. The van der Waals surface area contributed by atoms with Gasteiger partial charge in [0, 0.05) is 16.3 Å². The van der Waals surface area contributed by atoms with E-state index in [-0.39, 0.29) is 11.5 Å². The second-order valence-electron chi connectivity index (χ2n) is 4.77. The summed E-state index contributed by atoms with van der Waals surface area (Å²) in [5.74, 6) is -1.40. The normalized spacial score (nSPS) is 12.2. The predicted molar refractivity (Wildman–Crippen MR) is 74.2 cm³/mol. The first-order valence-electron chi connectivity index (χ1n) is 5.89. The highest BCUT2D eigenvalue weighted by molar-refractivity contribution is 6.31. The maximum atomic E-state index is 12.0. The Balaban J connectivity index is 2.84. The van der Waals surface area contributed by atoms with Crippen molar-refractivity contribution in [3.05, 3.63) is 28.8 Å². The zero-order valence-corrected chi connectivity index (χ0v) is 11.6. The van der Waals surface area contributed by atoms with Crippen LogP contribution in [0.3, 0.4) is 0 Å². The summed E-state index contributed by atoms with van der Waals surface area (Å²) in [5.41, 5.74) is 6.19. The van der Waals surface area contributed by atoms with Crippen molar-refractivity contribution in [1.29, 1.82) is 0 Å². The van der Waals surface area contributed by atoms with Gasteiger partial charge in [0.25, 0.3) is 5.91 Å². The van der Waals surface area contributed by atoms with Gasteiger partial charge in [0.2, 0.25) is 0 Å². The van der Waals surface area contributed by atoms with E-state index < -0.39 is 17.9 Å². The quantitative estimate of drug-likeness (QED) is 0.722. The van der Waals surface area contributed by atoms with Gasteiger partial charge in [-0.3, -0.25) is 4.79 Å². The van der Waals surface area contributed by atoms with Crippen molar-refractivity contribution >= 4 is 29.2 Å². The number of benzene rings is 1. The highest BCUT2D eigenvalue weighted by Gasteiger charge is 2.21. The number of amides is 1. The standard InChI is InChI=1S/C13H17ClN2O3/c1-7(2)3-11(13(18)19)16-12(17)8-4-9(14)6-10(15)5-8/h4-7,11H,3,15H2,1-2H3,(H,16,17)(H,18,19). The highest BCUT2D eigenvalue weighted by Crippen LogP contribution is 2.17. The summed E-state index contributed by atoms with van der Waals surface area (Å²) in [7, 11) is 0. The van der Waals surface area contributed by atoms with E-state index in [9.17, 15) is 9.59 Å². The van der Waals surface area contributed by atoms with Crippen LogP contribution in [0.2, 0.25) is 5.02 Å². The summed E-state index contributed by atoms with van der Waals surface area (Å²) in [5, 5.41) is 11.9. The number of hydrogen-bond donors (Lipinski definition) is 3. The lowest BCUT2D eigenvalue weighted by Crippen LogP contribution is -2.41. The number of nitrogens with one attached hydrogen (secondary N) is 1. The molecule has 0 aliphatic heterocycles. The number of hydrogen-bond acceptors (Lipinski definition) is 3. The van der Waals surface area contributed by atoms with Crippen LogP contribution in [0.25, 0.3) is 0 Å². The molecule has 0 aliphatic carbocycles. The van der Waals surface area contributed by atoms with Gasteiger partial charge in [-0.1, -0.05) is 25.4 Å². The van der Waals surface area contributed by atoms with Gasteiger partial charge in [-0.25, -0.2) is 4.79 Å². The Morgan fingerprint density at radius 2 is 2.00 bits per heavy atom. The Kier molecular flexibility index (Phi) is 5.18. The van der Waals surface area contributed by atoms with E-state index in [0.29, 0.717) is 17.1 Å². The summed E-state index contributed by atoms with van der Waals surface area (Å²) in [4.78, 5) is 23.0. The number of carboxylic acids is 1. The van der Waals surface area contributed by atoms with Gasteiger partial charge in [-0.15, -0.1) is 0 Å². The fourth-order valence-electron chi connectivity index (χ4n) is 1.68. The van der Waals surface area contributed by atoms with Crippen molar-refractivity contribution in [2.45, 2.75) is 26.3 Å². The third-order valence-corrected chi connectivity index (χ3v) is 2.71. The molecule has 1 rings (SSSR count). The Labute approximate surface area is 116 Å². The van der Waals surface area contributed by atoms with Gasteiger partial charge in [-0.2, -0.15) is 0 Å². The molecule has 1 aromatic rings. The molecule has 0 saturated heterocycles. The lowest BCUT2D eigenvalue weighted by molar-refractivity contribution is -0.139. The number of halogens is 1. The Morgan fingerprint density at radius 3 is 2.47 bits per heavy atom. The van der Waals surface area contributed by atoms with Gasteiger partial charge in [0.15, 0.2) is 0 Å². The topological polar surface area (TPSA) is 92.4 Å². The van der Waals surface area contributed by atoms with E-state index in [4.69, 9.17) is 22.4 Å². The summed E-state index contributed by atoms with van der Waals surface area (Å²) >= 11 is 5.80. The summed E-state index contributed by atoms with van der Waals surface area (Å²) in [6.07, 6.45) is 0.358. The van der Waals surface area contributed by atoms with E-state index >= 15 is 0 Å². The van der Waals surface area contributed by atoms with E-state index in [2.05, 4.69) is 5.32 Å². The molecule has 4 N–H and O–H groups in total. The SMILES string of the molecule is CC(C)CC(NC(=O)c1cc(N)cc(Cl)c1)C(=O)O. The van der Waals surface area contributed by atoms with Crippen molar-refractivity contribution in [2.75, 3.05) is 5.73 Å². The molecule has 1 atom stereocenters. The van der Waals surface area contributed by atoms with Crippen LogP contribution in [0.1, 0.15) is 30.6 Å². The van der Waals surface area contributed by atoms with Crippen LogP contribution in [-0.4, -0.2) is 23.0 Å². The minimum absolute atomic E-state index is 0.158. The molecule has 0 saturated carbocycles. The number of carbonyl (C=O) groups excluding carboxylic acids is 1. The van der Waals surface area contributed by atoms with Crippen molar-refractivity contribution in [3.8, 4) is 0 Å². The smallest absolute Gasteiger partial charge is 0.326 e. The predicted octanol–water partition coefficient (Wildman–Crippen LogP) is 2.15. The van der Waals surface area contributed by atoms with Crippen LogP contribution >= 0.6 is 11.6 Å². The van der Waals surface area contributed by atoms with Gasteiger partial charge >= 0.3 is 5.97 Å². The zero-order valence-electron chi connectivity index (χ0n) is 10.8. The lowest BCUT2D eigenvalue weighted by Gasteiger charge is -2.16. The summed E-state index contributed by atoms with van der Waals surface area (Å²) in [6.45, 7) is 3.78. The minimum atomic E-state index is -1.06. The van der Waals surface area contributed by atoms with Crippen LogP contribution < -0.4 is 11.1 Å². The second-order valence-corrected chi connectivity index (χ2v) is 5.20. The lowest BCUT2D eigenvalue weighted by atomic mass is 10.0. The minimum Gasteiger partial charge on any atom is -0.480 e. The van der Waals surface area contributed by atoms with E-state index in [1.165, 1.54) is 18.2 Å². The number of rotatable bonds is 5. The summed E-state index contributed by atoms with van der Waals surface area (Å²) < 4.78 is 0. The zero-order chi connectivity index (χ0) is 14.6. The average Bonchev–Trinajstić information content (AvgIpc) is 2.25. The molecule has 0 aromatic heterocycles. The molecule has 0 aliphatic rings. The number of nitrogens with two attached hydrogens (primary N) is 1. The highest BCUT2D eigenvalue weighted by atomic mass is 35.5. The fraction of sp³-hybridized carbons (Fsp3) is 0.385. The Hall–Kier alpha value is -1.75. The number of carbonyl (C=O) groups is 2. The Morgan fingerprint density at radius 1 is 1.37 bits per heavy atom.